The lowest BCUT2D eigenvalue weighted by molar-refractivity contribution is -0.125. The minimum Gasteiger partial charge on any atom is -0.506 e. The molecule has 29 heavy (non-hydrogen) atoms. The summed E-state index contributed by atoms with van der Waals surface area (Å²) in [4.78, 5) is 15.6. The maximum atomic E-state index is 13.7. The maximum Gasteiger partial charge on any atom is 0.258 e. The molecule has 0 saturated carbocycles. The second-order valence-corrected chi connectivity index (χ2v) is 8.62. The average Bonchev–Trinajstić information content (AvgIpc) is 2.63. The van der Waals surface area contributed by atoms with Gasteiger partial charge in [0.25, 0.3) is 5.91 Å². The highest BCUT2D eigenvalue weighted by Crippen LogP contribution is 2.35. The molecule has 2 aromatic rings. The number of carbonyl (C=O) groups is 1. The number of rotatable bonds is 3. The van der Waals surface area contributed by atoms with Gasteiger partial charge in [0.15, 0.2) is 0 Å². The van der Waals surface area contributed by atoms with E-state index in [0.717, 1.165) is 76.9 Å². The molecule has 3 heteroatoms. The van der Waals surface area contributed by atoms with Crippen LogP contribution in [0.5, 0.6) is 0 Å². The van der Waals surface area contributed by atoms with Crippen LogP contribution in [0.4, 0.5) is 0 Å². The first-order chi connectivity index (χ1) is 13.7. The standard InChI is InChI=1S/C26H33NO2/c1-16-12-18(3)22(19(4)13-16)24(26(29)27-10-8-7-9-11-27)25(28)23-20(5)14-17(2)15-21(23)6/h12-15,28H,7-11H2,1-6H3/b25-24-. The van der Waals surface area contributed by atoms with Gasteiger partial charge >= 0.3 is 0 Å². The zero-order valence-electron chi connectivity index (χ0n) is 18.6. The van der Waals surface area contributed by atoms with Crippen LogP contribution >= 0.6 is 0 Å². The molecule has 0 aromatic heterocycles. The van der Waals surface area contributed by atoms with Gasteiger partial charge in [0.2, 0.25) is 0 Å². The first-order valence-electron chi connectivity index (χ1n) is 10.6. The van der Waals surface area contributed by atoms with Crippen LogP contribution in [0.2, 0.25) is 0 Å². The molecule has 1 saturated heterocycles. The molecule has 0 spiro atoms. The number of carbonyl (C=O) groups excluding carboxylic acids is 1. The van der Waals surface area contributed by atoms with Crippen molar-refractivity contribution in [3.63, 3.8) is 0 Å². The number of amides is 1. The fourth-order valence-corrected chi connectivity index (χ4v) is 4.83. The van der Waals surface area contributed by atoms with E-state index in [4.69, 9.17) is 0 Å². The summed E-state index contributed by atoms with van der Waals surface area (Å²) in [7, 11) is 0. The number of nitrogens with zero attached hydrogens (tertiary/aromatic N) is 1. The number of hydrogen-bond donors (Lipinski definition) is 1. The van der Waals surface area contributed by atoms with Gasteiger partial charge in [-0.3, -0.25) is 4.79 Å². The van der Waals surface area contributed by atoms with Crippen molar-refractivity contribution in [3.8, 4) is 0 Å². The van der Waals surface area contributed by atoms with Gasteiger partial charge in [0, 0.05) is 18.7 Å². The maximum absolute atomic E-state index is 13.7. The molecule has 3 nitrogen and oxygen atoms in total. The summed E-state index contributed by atoms with van der Waals surface area (Å²) in [5, 5.41) is 11.5. The topological polar surface area (TPSA) is 40.5 Å². The van der Waals surface area contributed by atoms with Gasteiger partial charge in [0.1, 0.15) is 5.76 Å². The number of hydrogen-bond acceptors (Lipinski definition) is 2. The number of aliphatic hydroxyl groups excluding tert-OH is 1. The molecule has 0 radical (unpaired) electrons. The Morgan fingerprint density at radius 2 is 1.14 bits per heavy atom. The largest absolute Gasteiger partial charge is 0.506 e. The van der Waals surface area contributed by atoms with Crippen LogP contribution in [0, 0.1) is 41.5 Å². The molecule has 0 unspecified atom stereocenters. The minimum atomic E-state index is -0.0587. The summed E-state index contributed by atoms with van der Waals surface area (Å²) in [5.41, 5.74) is 8.43. The Bertz CT molecular complexity index is 932. The van der Waals surface area contributed by atoms with Crippen LogP contribution in [-0.2, 0) is 4.79 Å². The third-order valence-electron chi connectivity index (χ3n) is 5.93. The fourth-order valence-electron chi connectivity index (χ4n) is 4.83. The molecule has 1 aliphatic rings. The molecule has 1 fully saturated rings. The third kappa shape index (κ3) is 4.24. The van der Waals surface area contributed by atoms with Crippen LogP contribution in [0.3, 0.4) is 0 Å². The van der Waals surface area contributed by atoms with Gasteiger partial charge in [-0.25, -0.2) is 0 Å². The lowest BCUT2D eigenvalue weighted by Crippen LogP contribution is -2.36. The third-order valence-corrected chi connectivity index (χ3v) is 5.93. The molecule has 0 bridgehead atoms. The molecule has 0 atom stereocenters. The highest BCUT2D eigenvalue weighted by Gasteiger charge is 2.28. The van der Waals surface area contributed by atoms with E-state index in [2.05, 4.69) is 38.1 Å². The van der Waals surface area contributed by atoms with E-state index in [-0.39, 0.29) is 11.7 Å². The van der Waals surface area contributed by atoms with E-state index in [9.17, 15) is 9.90 Å². The summed E-state index contributed by atoms with van der Waals surface area (Å²) in [6.45, 7) is 13.7. The second-order valence-electron chi connectivity index (χ2n) is 8.62. The Morgan fingerprint density at radius 3 is 1.59 bits per heavy atom. The van der Waals surface area contributed by atoms with Crippen molar-refractivity contribution in [2.75, 3.05) is 13.1 Å². The second kappa shape index (κ2) is 8.44. The van der Waals surface area contributed by atoms with Crippen molar-refractivity contribution >= 4 is 17.2 Å². The quantitative estimate of drug-likeness (QED) is 0.397. The number of aliphatic hydroxyl groups is 1. The molecule has 0 aliphatic carbocycles. The van der Waals surface area contributed by atoms with E-state index in [1.54, 1.807) is 0 Å². The SMILES string of the molecule is Cc1cc(C)c(/C(O)=C(/C(=O)N2CCCCC2)c2c(C)cc(C)cc2C)c(C)c1. The van der Waals surface area contributed by atoms with E-state index in [1.165, 1.54) is 0 Å². The first-order valence-corrected chi connectivity index (χ1v) is 10.6. The van der Waals surface area contributed by atoms with Crippen molar-refractivity contribution in [2.45, 2.75) is 60.8 Å². The van der Waals surface area contributed by atoms with E-state index in [1.807, 2.05) is 32.6 Å². The summed E-state index contributed by atoms with van der Waals surface area (Å²) in [6, 6.07) is 8.31. The molecule has 1 amide bonds. The zero-order valence-corrected chi connectivity index (χ0v) is 18.6. The van der Waals surface area contributed by atoms with Crippen LogP contribution in [0.1, 0.15) is 63.8 Å². The lowest BCUT2D eigenvalue weighted by Gasteiger charge is -2.29. The van der Waals surface area contributed by atoms with Gasteiger partial charge in [-0.1, -0.05) is 35.4 Å². The number of piperidine rings is 1. The Hall–Kier alpha value is -2.55. The molecular formula is C26H33NO2. The summed E-state index contributed by atoms with van der Waals surface area (Å²) in [5.74, 6) is 0.0438. The Labute approximate surface area is 175 Å². The van der Waals surface area contributed by atoms with Crippen LogP contribution in [-0.4, -0.2) is 29.0 Å². The molecule has 2 aromatic carbocycles. The first kappa shape index (κ1) is 21.2. The van der Waals surface area contributed by atoms with Crippen molar-refractivity contribution < 1.29 is 9.90 Å². The van der Waals surface area contributed by atoms with E-state index < -0.39 is 0 Å². The van der Waals surface area contributed by atoms with Crippen molar-refractivity contribution in [3.05, 3.63) is 68.8 Å². The minimum absolute atomic E-state index is 0.0587. The molecular weight excluding hydrogens is 358 g/mol. The molecule has 1 N–H and O–H groups in total. The summed E-state index contributed by atoms with van der Waals surface area (Å²) < 4.78 is 0. The normalized spacial score (nSPS) is 15.3. The van der Waals surface area contributed by atoms with Crippen LogP contribution in [0.25, 0.3) is 11.3 Å². The number of likely N-dealkylation sites (tertiary alicyclic amines) is 1. The zero-order chi connectivity index (χ0) is 21.3. The van der Waals surface area contributed by atoms with Gasteiger partial charge in [0.05, 0.1) is 5.57 Å². The van der Waals surface area contributed by atoms with Gasteiger partial charge in [-0.2, -0.15) is 0 Å². The summed E-state index contributed by atoms with van der Waals surface area (Å²) in [6.07, 6.45) is 3.20. The number of aryl methyl sites for hydroxylation is 6. The summed E-state index contributed by atoms with van der Waals surface area (Å²) >= 11 is 0. The predicted molar refractivity (Wildman–Crippen MR) is 121 cm³/mol. The molecule has 1 aliphatic heterocycles. The van der Waals surface area contributed by atoms with Crippen molar-refractivity contribution in [2.24, 2.45) is 0 Å². The predicted octanol–water partition coefficient (Wildman–Crippen LogP) is 5.98. The average molecular weight is 392 g/mol. The molecule has 3 rings (SSSR count). The highest BCUT2D eigenvalue weighted by atomic mass is 16.3. The van der Waals surface area contributed by atoms with Crippen molar-refractivity contribution in [1.29, 1.82) is 0 Å². The lowest BCUT2D eigenvalue weighted by atomic mass is 9.88. The smallest absolute Gasteiger partial charge is 0.258 e. The van der Waals surface area contributed by atoms with E-state index in [0.29, 0.717) is 5.57 Å². The number of benzene rings is 2. The van der Waals surface area contributed by atoms with Crippen LogP contribution < -0.4 is 0 Å². The molecule has 154 valence electrons. The monoisotopic (exact) mass is 391 g/mol. The Morgan fingerprint density at radius 1 is 0.724 bits per heavy atom. The van der Waals surface area contributed by atoms with Gasteiger partial charge in [-0.05, 0) is 88.6 Å². The van der Waals surface area contributed by atoms with Gasteiger partial charge in [-0.15, -0.1) is 0 Å². The highest BCUT2D eigenvalue weighted by molar-refractivity contribution is 6.26. The Balaban J connectivity index is 2.29. The Kier molecular flexibility index (Phi) is 6.16. The van der Waals surface area contributed by atoms with Gasteiger partial charge < -0.3 is 10.0 Å². The van der Waals surface area contributed by atoms with Crippen molar-refractivity contribution in [1.82, 2.24) is 4.90 Å². The fraction of sp³-hybridized carbons (Fsp3) is 0.423. The van der Waals surface area contributed by atoms with Crippen LogP contribution in [0.15, 0.2) is 24.3 Å². The molecule has 1 heterocycles. The van der Waals surface area contributed by atoms with E-state index >= 15 is 0 Å².